The van der Waals surface area contributed by atoms with E-state index in [0.29, 0.717) is 0 Å². The lowest BCUT2D eigenvalue weighted by Crippen LogP contribution is -2.04. The van der Waals surface area contributed by atoms with Crippen LogP contribution < -0.4 is 0 Å². The summed E-state index contributed by atoms with van der Waals surface area (Å²) in [7, 11) is 0. The molecule has 1 saturated heterocycles. The minimum Gasteiger partial charge on any atom is -0.344 e. The van der Waals surface area contributed by atoms with E-state index in [1.54, 1.807) is 0 Å². The molecule has 5 rings (SSSR count). The molecule has 1 aliphatic rings. The van der Waals surface area contributed by atoms with Crippen LogP contribution in [0.5, 0.6) is 0 Å². The molecular weight excluding hydrogens is 358 g/mol. The molecule has 0 spiro atoms. The summed E-state index contributed by atoms with van der Waals surface area (Å²) in [5, 5.41) is 2.13. The molecule has 1 atom stereocenters. The van der Waals surface area contributed by atoms with Gasteiger partial charge in [0.2, 0.25) is 0 Å². The molecular formula is C26H23NS. The number of nitrogens with zero attached hydrogens (tertiary/aromatic N) is 1. The molecule has 138 valence electrons. The molecule has 3 aromatic carbocycles. The third kappa shape index (κ3) is 3.53. The quantitative estimate of drug-likeness (QED) is 0.277. The number of hydrogen-bond donors (Lipinski definition) is 0. The summed E-state index contributed by atoms with van der Waals surface area (Å²) >= 11 is 2.06. The molecule has 0 N–H and O–H groups in total. The van der Waals surface area contributed by atoms with Crippen molar-refractivity contribution in [3.05, 3.63) is 107 Å². The lowest BCUT2D eigenvalue weighted by atomic mass is 9.95. The van der Waals surface area contributed by atoms with E-state index in [-0.39, 0.29) is 0 Å². The SMILES string of the molecule is Cc1cc2cc(C=C(c3ccccc3)c3ccccc3)ccc2n1CC1CS1. The van der Waals surface area contributed by atoms with Crippen molar-refractivity contribution in [1.29, 1.82) is 0 Å². The maximum absolute atomic E-state index is 2.47. The highest BCUT2D eigenvalue weighted by atomic mass is 32.2. The fourth-order valence-electron chi connectivity index (χ4n) is 3.87. The molecule has 1 aromatic heterocycles. The molecule has 0 saturated carbocycles. The first-order valence-electron chi connectivity index (χ1n) is 9.82. The summed E-state index contributed by atoms with van der Waals surface area (Å²) in [6.45, 7) is 3.36. The van der Waals surface area contributed by atoms with Crippen molar-refractivity contribution in [3.63, 3.8) is 0 Å². The van der Waals surface area contributed by atoms with E-state index >= 15 is 0 Å². The van der Waals surface area contributed by atoms with Gasteiger partial charge in [-0.15, -0.1) is 0 Å². The Bertz CT molecular complexity index is 1090. The molecule has 0 aliphatic carbocycles. The zero-order valence-corrected chi connectivity index (χ0v) is 16.8. The van der Waals surface area contributed by atoms with E-state index in [1.165, 1.54) is 44.6 Å². The van der Waals surface area contributed by atoms with Crippen molar-refractivity contribution in [2.24, 2.45) is 0 Å². The third-order valence-electron chi connectivity index (χ3n) is 5.40. The van der Waals surface area contributed by atoms with Gasteiger partial charge in [0.25, 0.3) is 0 Å². The van der Waals surface area contributed by atoms with Crippen LogP contribution in [0.2, 0.25) is 0 Å². The smallest absolute Gasteiger partial charge is 0.0483 e. The van der Waals surface area contributed by atoms with E-state index in [4.69, 9.17) is 0 Å². The summed E-state index contributed by atoms with van der Waals surface area (Å²) in [5.74, 6) is 1.30. The topological polar surface area (TPSA) is 4.93 Å². The van der Waals surface area contributed by atoms with Crippen LogP contribution in [-0.4, -0.2) is 15.6 Å². The largest absolute Gasteiger partial charge is 0.344 e. The summed E-state index contributed by atoms with van der Waals surface area (Å²) in [5.41, 5.74) is 7.69. The summed E-state index contributed by atoms with van der Waals surface area (Å²) < 4.78 is 2.47. The normalized spacial score (nSPS) is 15.5. The molecule has 0 radical (unpaired) electrons. The zero-order chi connectivity index (χ0) is 18.9. The van der Waals surface area contributed by atoms with Crippen molar-refractivity contribution in [3.8, 4) is 0 Å². The van der Waals surface area contributed by atoms with Crippen LogP contribution in [0.25, 0.3) is 22.6 Å². The van der Waals surface area contributed by atoms with Gasteiger partial charge in [-0.25, -0.2) is 0 Å². The number of benzene rings is 3. The van der Waals surface area contributed by atoms with Crippen molar-refractivity contribution < 1.29 is 0 Å². The predicted molar refractivity (Wildman–Crippen MR) is 123 cm³/mol. The maximum atomic E-state index is 2.47. The van der Waals surface area contributed by atoms with Gasteiger partial charge in [-0.2, -0.15) is 11.8 Å². The molecule has 2 heterocycles. The molecule has 2 heteroatoms. The Morgan fingerprint density at radius 1 is 0.929 bits per heavy atom. The van der Waals surface area contributed by atoms with Gasteiger partial charge in [-0.05, 0) is 53.5 Å². The van der Waals surface area contributed by atoms with Gasteiger partial charge in [-0.1, -0.05) is 66.7 Å². The number of fused-ring (bicyclic) bond motifs is 1. The van der Waals surface area contributed by atoms with E-state index in [2.05, 4.69) is 114 Å². The second-order valence-electron chi connectivity index (χ2n) is 7.46. The fraction of sp³-hybridized carbons (Fsp3) is 0.154. The molecule has 1 nitrogen and oxygen atoms in total. The Hall–Kier alpha value is -2.71. The van der Waals surface area contributed by atoms with Crippen molar-refractivity contribution in [2.75, 3.05) is 5.75 Å². The Balaban J connectivity index is 1.59. The van der Waals surface area contributed by atoms with Gasteiger partial charge in [-0.3, -0.25) is 0 Å². The molecule has 4 aromatic rings. The number of aromatic nitrogens is 1. The number of thioether (sulfide) groups is 1. The lowest BCUT2D eigenvalue weighted by molar-refractivity contribution is 0.730. The first-order valence-corrected chi connectivity index (χ1v) is 10.9. The first-order chi connectivity index (χ1) is 13.8. The van der Waals surface area contributed by atoms with Crippen molar-refractivity contribution >= 4 is 34.3 Å². The van der Waals surface area contributed by atoms with Crippen LogP contribution in [0, 0.1) is 6.92 Å². The van der Waals surface area contributed by atoms with Gasteiger partial charge < -0.3 is 4.57 Å². The summed E-state index contributed by atoms with van der Waals surface area (Å²) in [4.78, 5) is 0. The van der Waals surface area contributed by atoms with Crippen LogP contribution in [0.4, 0.5) is 0 Å². The van der Waals surface area contributed by atoms with Gasteiger partial charge in [0.05, 0.1) is 0 Å². The Kier molecular flexibility index (Phi) is 4.58. The van der Waals surface area contributed by atoms with E-state index in [9.17, 15) is 0 Å². The van der Waals surface area contributed by atoms with Crippen LogP contribution in [0.1, 0.15) is 22.4 Å². The van der Waals surface area contributed by atoms with Crippen molar-refractivity contribution in [1.82, 2.24) is 4.57 Å². The molecule has 0 bridgehead atoms. The number of aryl methyl sites for hydroxylation is 1. The van der Waals surface area contributed by atoms with Gasteiger partial charge in [0, 0.05) is 34.1 Å². The molecule has 0 amide bonds. The third-order valence-corrected chi connectivity index (χ3v) is 6.36. The van der Waals surface area contributed by atoms with Crippen LogP contribution in [-0.2, 0) is 6.54 Å². The van der Waals surface area contributed by atoms with E-state index < -0.39 is 0 Å². The zero-order valence-electron chi connectivity index (χ0n) is 16.0. The Morgan fingerprint density at radius 2 is 1.57 bits per heavy atom. The maximum Gasteiger partial charge on any atom is 0.0483 e. The van der Waals surface area contributed by atoms with E-state index in [0.717, 1.165) is 11.8 Å². The minimum atomic E-state index is 0.802. The second kappa shape index (κ2) is 7.37. The van der Waals surface area contributed by atoms with Crippen LogP contribution >= 0.6 is 11.8 Å². The fourth-order valence-corrected chi connectivity index (χ4v) is 4.37. The monoisotopic (exact) mass is 381 g/mol. The van der Waals surface area contributed by atoms with Gasteiger partial charge in [0.1, 0.15) is 0 Å². The average Bonchev–Trinajstić information content (AvgIpc) is 3.51. The highest BCUT2D eigenvalue weighted by molar-refractivity contribution is 8.06. The highest BCUT2D eigenvalue weighted by Gasteiger charge is 2.23. The molecule has 1 aliphatic heterocycles. The number of rotatable bonds is 5. The van der Waals surface area contributed by atoms with Gasteiger partial charge >= 0.3 is 0 Å². The highest BCUT2D eigenvalue weighted by Crippen LogP contribution is 2.34. The molecule has 1 fully saturated rings. The first kappa shape index (κ1) is 17.4. The standard InChI is InChI=1S/C26H23NS/c1-19-14-23-15-20(12-13-26(23)27(19)17-24-18-28-24)16-25(21-8-4-2-5-9-21)22-10-6-3-7-11-22/h2-16,24H,17-18H2,1H3. The molecule has 28 heavy (non-hydrogen) atoms. The Morgan fingerprint density at radius 3 is 2.18 bits per heavy atom. The van der Waals surface area contributed by atoms with E-state index in [1.807, 2.05) is 0 Å². The summed E-state index contributed by atoms with van der Waals surface area (Å²) in [6.07, 6.45) is 2.31. The van der Waals surface area contributed by atoms with Crippen LogP contribution in [0.3, 0.4) is 0 Å². The number of hydrogen-bond acceptors (Lipinski definition) is 1. The molecule has 1 unspecified atom stereocenters. The minimum absolute atomic E-state index is 0.802. The van der Waals surface area contributed by atoms with Gasteiger partial charge in [0.15, 0.2) is 0 Å². The van der Waals surface area contributed by atoms with Crippen molar-refractivity contribution in [2.45, 2.75) is 18.7 Å². The Labute approximate surface area is 170 Å². The predicted octanol–water partition coefficient (Wildman–Crippen LogP) is 6.65. The second-order valence-corrected chi connectivity index (χ2v) is 8.79. The van der Waals surface area contributed by atoms with Crippen LogP contribution in [0.15, 0.2) is 84.9 Å². The lowest BCUT2D eigenvalue weighted by Gasteiger charge is -2.10. The average molecular weight is 382 g/mol. The summed E-state index contributed by atoms with van der Waals surface area (Å²) in [6, 6.07) is 30.5.